The van der Waals surface area contributed by atoms with E-state index in [0.717, 1.165) is 29.2 Å². The molecule has 6 heteroatoms. The number of hydrogen-bond acceptors (Lipinski definition) is 5. The number of amides is 1. The molecule has 3 aromatic rings. The van der Waals surface area contributed by atoms with Crippen molar-refractivity contribution in [3.63, 3.8) is 0 Å². The molecule has 0 unspecified atom stereocenters. The quantitative estimate of drug-likeness (QED) is 0.569. The highest BCUT2D eigenvalue weighted by Gasteiger charge is 2.13. The fourth-order valence-electron chi connectivity index (χ4n) is 2.36. The molecule has 27 heavy (non-hydrogen) atoms. The van der Waals surface area contributed by atoms with Crippen LogP contribution in [0.5, 0.6) is 5.75 Å². The smallest absolute Gasteiger partial charge is 0.258 e. The van der Waals surface area contributed by atoms with Gasteiger partial charge in [-0.25, -0.2) is 4.98 Å². The van der Waals surface area contributed by atoms with E-state index in [1.54, 1.807) is 30.7 Å². The highest BCUT2D eigenvalue weighted by atomic mass is 32.2. The van der Waals surface area contributed by atoms with Crippen molar-refractivity contribution in [2.75, 3.05) is 11.9 Å². The topological polar surface area (TPSA) is 64.1 Å². The van der Waals surface area contributed by atoms with Crippen molar-refractivity contribution in [3.8, 4) is 5.75 Å². The zero-order chi connectivity index (χ0) is 18.9. The van der Waals surface area contributed by atoms with Gasteiger partial charge < -0.3 is 10.1 Å². The van der Waals surface area contributed by atoms with E-state index in [0.29, 0.717) is 17.2 Å². The minimum absolute atomic E-state index is 0.178. The van der Waals surface area contributed by atoms with Crippen molar-refractivity contribution in [1.82, 2.24) is 9.97 Å². The lowest BCUT2D eigenvalue weighted by Crippen LogP contribution is -2.13. The average molecular weight is 379 g/mol. The Labute approximate surface area is 163 Å². The Hall–Kier alpha value is -2.86. The lowest BCUT2D eigenvalue weighted by atomic mass is 10.2. The lowest BCUT2D eigenvalue weighted by molar-refractivity contribution is 0.102. The van der Waals surface area contributed by atoms with Crippen LogP contribution < -0.4 is 10.1 Å². The second-order valence-electron chi connectivity index (χ2n) is 5.83. The van der Waals surface area contributed by atoms with Crippen LogP contribution in [0.4, 0.5) is 5.69 Å². The fraction of sp³-hybridized carbons (Fsp3) is 0.190. The molecule has 138 valence electrons. The number of carbonyl (C=O) groups is 1. The number of pyridine rings is 2. The molecule has 0 saturated carbocycles. The summed E-state index contributed by atoms with van der Waals surface area (Å²) in [6, 6.07) is 14.9. The molecular weight excluding hydrogens is 358 g/mol. The standard InChI is InChI=1S/C21H21N3O2S/c1-2-14-26-18-7-5-17(6-8-18)24-20(25)19-4-3-11-23-21(19)27-15-16-9-12-22-13-10-16/h3-13H,2,14-15H2,1H3,(H,24,25). The molecule has 0 spiro atoms. The van der Waals surface area contributed by atoms with E-state index < -0.39 is 0 Å². The highest BCUT2D eigenvalue weighted by molar-refractivity contribution is 7.98. The molecule has 2 heterocycles. The van der Waals surface area contributed by atoms with Crippen LogP contribution in [0.3, 0.4) is 0 Å². The third-order valence-electron chi connectivity index (χ3n) is 3.73. The number of aromatic nitrogens is 2. The summed E-state index contributed by atoms with van der Waals surface area (Å²) in [5, 5.41) is 3.63. The predicted molar refractivity (Wildman–Crippen MR) is 108 cm³/mol. The van der Waals surface area contributed by atoms with Gasteiger partial charge in [0.15, 0.2) is 0 Å². The van der Waals surface area contributed by atoms with Gasteiger partial charge in [-0.1, -0.05) is 6.92 Å². The van der Waals surface area contributed by atoms with Gasteiger partial charge in [-0.15, -0.1) is 11.8 Å². The average Bonchev–Trinajstić information content (AvgIpc) is 2.72. The number of ether oxygens (including phenoxy) is 1. The Morgan fingerprint density at radius 3 is 2.59 bits per heavy atom. The van der Waals surface area contributed by atoms with E-state index in [9.17, 15) is 4.79 Å². The molecular formula is C21H21N3O2S. The first-order valence-electron chi connectivity index (χ1n) is 8.77. The molecule has 0 aliphatic rings. The van der Waals surface area contributed by atoms with E-state index in [4.69, 9.17) is 4.74 Å². The number of nitrogens with zero attached hydrogens (tertiary/aromatic N) is 2. The van der Waals surface area contributed by atoms with Gasteiger partial charge in [0.1, 0.15) is 10.8 Å². The molecule has 0 fully saturated rings. The summed E-state index contributed by atoms with van der Waals surface area (Å²) in [4.78, 5) is 21.1. The zero-order valence-electron chi connectivity index (χ0n) is 15.1. The third kappa shape index (κ3) is 5.56. The van der Waals surface area contributed by atoms with E-state index in [2.05, 4.69) is 22.2 Å². The van der Waals surface area contributed by atoms with Crippen molar-refractivity contribution in [3.05, 3.63) is 78.2 Å². The van der Waals surface area contributed by atoms with Crippen molar-refractivity contribution in [1.29, 1.82) is 0 Å². The Morgan fingerprint density at radius 2 is 1.85 bits per heavy atom. The van der Waals surface area contributed by atoms with E-state index in [1.165, 1.54) is 11.8 Å². The van der Waals surface area contributed by atoms with E-state index >= 15 is 0 Å². The molecule has 0 aliphatic heterocycles. The summed E-state index contributed by atoms with van der Waals surface area (Å²) in [5.74, 6) is 1.34. The van der Waals surface area contributed by atoms with Gasteiger partial charge >= 0.3 is 0 Å². The van der Waals surface area contributed by atoms with Crippen LogP contribution >= 0.6 is 11.8 Å². The minimum atomic E-state index is -0.178. The van der Waals surface area contributed by atoms with Gasteiger partial charge in [0.25, 0.3) is 5.91 Å². The Bertz CT molecular complexity index is 870. The maximum absolute atomic E-state index is 12.7. The summed E-state index contributed by atoms with van der Waals surface area (Å²) in [6.07, 6.45) is 6.18. The van der Waals surface area contributed by atoms with Gasteiger partial charge in [0, 0.05) is 30.0 Å². The molecule has 5 nitrogen and oxygen atoms in total. The molecule has 0 saturated heterocycles. The van der Waals surface area contributed by atoms with Crippen LogP contribution in [0.15, 0.2) is 72.1 Å². The summed E-state index contributed by atoms with van der Waals surface area (Å²) >= 11 is 1.53. The normalized spacial score (nSPS) is 10.4. The van der Waals surface area contributed by atoms with Crippen molar-refractivity contribution in [2.24, 2.45) is 0 Å². The van der Waals surface area contributed by atoms with Crippen LogP contribution in [0.25, 0.3) is 0 Å². The van der Waals surface area contributed by atoms with E-state index in [1.807, 2.05) is 36.4 Å². The largest absolute Gasteiger partial charge is 0.494 e. The molecule has 2 aromatic heterocycles. The minimum Gasteiger partial charge on any atom is -0.494 e. The van der Waals surface area contributed by atoms with Gasteiger partial charge in [-0.05, 0) is 60.5 Å². The van der Waals surface area contributed by atoms with Gasteiger partial charge in [0.05, 0.1) is 12.2 Å². The van der Waals surface area contributed by atoms with Gasteiger partial charge in [0.2, 0.25) is 0 Å². The maximum Gasteiger partial charge on any atom is 0.258 e. The monoisotopic (exact) mass is 379 g/mol. The third-order valence-corrected chi connectivity index (χ3v) is 4.80. The predicted octanol–water partition coefficient (Wildman–Crippen LogP) is 4.81. The van der Waals surface area contributed by atoms with Crippen molar-refractivity contribution in [2.45, 2.75) is 24.1 Å². The number of benzene rings is 1. The number of nitrogens with one attached hydrogen (secondary N) is 1. The van der Waals surface area contributed by atoms with Crippen LogP contribution in [0, 0.1) is 0 Å². The molecule has 0 aliphatic carbocycles. The Kier molecular flexibility index (Phi) is 6.82. The number of anilines is 1. The summed E-state index contributed by atoms with van der Waals surface area (Å²) in [7, 11) is 0. The Morgan fingerprint density at radius 1 is 1.07 bits per heavy atom. The second-order valence-corrected chi connectivity index (χ2v) is 6.79. The number of carbonyl (C=O) groups excluding carboxylic acids is 1. The van der Waals surface area contributed by atoms with E-state index in [-0.39, 0.29) is 5.91 Å². The van der Waals surface area contributed by atoms with Gasteiger partial charge in [-0.3, -0.25) is 9.78 Å². The molecule has 1 N–H and O–H groups in total. The first-order valence-corrected chi connectivity index (χ1v) is 9.75. The lowest BCUT2D eigenvalue weighted by Gasteiger charge is -2.10. The van der Waals surface area contributed by atoms with Crippen molar-refractivity contribution >= 4 is 23.4 Å². The second kappa shape index (κ2) is 9.73. The first-order chi connectivity index (χ1) is 13.3. The fourth-order valence-corrected chi connectivity index (χ4v) is 3.31. The number of thioether (sulfide) groups is 1. The van der Waals surface area contributed by atoms with Gasteiger partial charge in [-0.2, -0.15) is 0 Å². The highest BCUT2D eigenvalue weighted by Crippen LogP contribution is 2.25. The number of rotatable bonds is 8. The number of hydrogen-bond donors (Lipinski definition) is 1. The summed E-state index contributed by atoms with van der Waals surface area (Å²) < 4.78 is 5.56. The molecule has 0 radical (unpaired) electrons. The molecule has 1 aromatic carbocycles. The molecule has 0 bridgehead atoms. The van der Waals surface area contributed by atoms with Crippen molar-refractivity contribution < 1.29 is 9.53 Å². The SMILES string of the molecule is CCCOc1ccc(NC(=O)c2cccnc2SCc2ccncc2)cc1. The Balaban J connectivity index is 1.66. The van der Waals surface area contributed by atoms with Crippen LogP contribution in [0.1, 0.15) is 29.3 Å². The summed E-state index contributed by atoms with van der Waals surface area (Å²) in [6.45, 7) is 2.74. The van der Waals surface area contributed by atoms with Crippen LogP contribution in [-0.4, -0.2) is 22.5 Å². The zero-order valence-corrected chi connectivity index (χ0v) is 15.9. The summed E-state index contributed by atoms with van der Waals surface area (Å²) in [5.41, 5.74) is 2.41. The maximum atomic E-state index is 12.7. The first kappa shape index (κ1) is 18.9. The van der Waals surface area contributed by atoms with Crippen LogP contribution in [-0.2, 0) is 5.75 Å². The molecule has 0 atom stereocenters. The molecule has 3 rings (SSSR count). The van der Waals surface area contributed by atoms with Crippen LogP contribution in [0.2, 0.25) is 0 Å². The molecule has 1 amide bonds.